The van der Waals surface area contributed by atoms with Gasteiger partial charge >= 0.3 is 5.97 Å². The number of ether oxygens (including phenoxy) is 1. The Kier molecular flexibility index (Phi) is 3.10. The van der Waals surface area contributed by atoms with Crippen LogP contribution in [0.1, 0.15) is 16.9 Å². The van der Waals surface area contributed by atoms with Gasteiger partial charge in [0, 0.05) is 20.1 Å². The minimum Gasteiger partial charge on any atom is -0.480 e. The van der Waals surface area contributed by atoms with Gasteiger partial charge in [0.1, 0.15) is 11.7 Å². The molecule has 2 atom stereocenters. The summed E-state index contributed by atoms with van der Waals surface area (Å²) in [5, 5.41) is 9.07. The Morgan fingerprint density at radius 1 is 1.65 bits per heavy atom. The van der Waals surface area contributed by atoms with Crippen LogP contribution in [0, 0.1) is 0 Å². The van der Waals surface area contributed by atoms with E-state index in [4.69, 9.17) is 9.84 Å². The highest BCUT2D eigenvalue weighted by atomic mass is 16.5. The second kappa shape index (κ2) is 4.54. The van der Waals surface area contributed by atoms with Gasteiger partial charge in [-0.05, 0) is 0 Å². The summed E-state index contributed by atoms with van der Waals surface area (Å²) in [6.07, 6.45) is 2.84. The van der Waals surface area contributed by atoms with Crippen LogP contribution in [-0.4, -0.2) is 57.7 Å². The molecule has 1 aliphatic heterocycles. The zero-order chi connectivity index (χ0) is 12.4. The molecule has 7 heteroatoms. The van der Waals surface area contributed by atoms with Crippen LogP contribution in [0.4, 0.5) is 0 Å². The van der Waals surface area contributed by atoms with Gasteiger partial charge in [-0.15, -0.1) is 0 Å². The molecule has 0 bridgehead atoms. The van der Waals surface area contributed by atoms with Crippen molar-refractivity contribution >= 4 is 11.9 Å². The first-order chi connectivity index (χ1) is 8.13. The van der Waals surface area contributed by atoms with E-state index in [1.165, 1.54) is 24.5 Å². The number of hydrogen-bond donors (Lipinski definition) is 2. The molecular weight excluding hydrogens is 226 g/mol. The third kappa shape index (κ3) is 2.14. The predicted molar refractivity (Wildman–Crippen MR) is 56.5 cm³/mol. The van der Waals surface area contributed by atoms with Crippen LogP contribution in [0.3, 0.4) is 0 Å². The zero-order valence-corrected chi connectivity index (χ0v) is 9.29. The lowest BCUT2D eigenvalue weighted by Crippen LogP contribution is -2.40. The fraction of sp³-hybridized carbons (Fsp3) is 0.500. The minimum absolute atomic E-state index is 0.233. The van der Waals surface area contributed by atoms with Crippen LogP contribution in [0.25, 0.3) is 0 Å². The lowest BCUT2D eigenvalue weighted by atomic mass is 10.2. The molecule has 2 heterocycles. The Hall–Kier alpha value is -1.89. The molecular formula is C10H13N3O4. The summed E-state index contributed by atoms with van der Waals surface area (Å²) in [6.45, 7) is 0.283. The molecule has 2 N–H and O–H groups in total. The number of rotatable bonds is 3. The van der Waals surface area contributed by atoms with E-state index in [1.807, 2.05) is 0 Å². The van der Waals surface area contributed by atoms with Crippen molar-refractivity contribution in [1.82, 2.24) is 14.9 Å². The van der Waals surface area contributed by atoms with E-state index in [0.717, 1.165) is 0 Å². The van der Waals surface area contributed by atoms with Crippen LogP contribution in [0.15, 0.2) is 12.5 Å². The molecule has 7 nitrogen and oxygen atoms in total. The molecule has 2 rings (SSSR count). The van der Waals surface area contributed by atoms with Gasteiger partial charge in [-0.1, -0.05) is 0 Å². The van der Waals surface area contributed by atoms with Crippen LogP contribution in [0.2, 0.25) is 0 Å². The summed E-state index contributed by atoms with van der Waals surface area (Å²) in [5.41, 5.74) is 0.285. The van der Waals surface area contributed by atoms with Crippen LogP contribution >= 0.6 is 0 Å². The van der Waals surface area contributed by atoms with Crippen molar-refractivity contribution in [2.24, 2.45) is 0 Å². The number of amides is 1. The minimum atomic E-state index is -1.02. The van der Waals surface area contributed by atoms with E-state index in [1.54, 1.807) is 0 Å². The SMILES string of the molecule is COC1CC(C(=O)O)N(C(=O)c2cnc[nH]2)C1. The quantitative estimate of drug-likeness (QED) is 0.756. The third-order valence-corrected chi connectivity index (χ3v) is 2.87. The average molecular weight is 239 g/mol. The first-order valence-electron chi connectivity index (χ1n) is 5.18. The Bertz CT molecular complexity index is 417. The number of imidazole rings is 1. The fourth-order valence-electron chi connectivity index (χ4n) is 1.95. The summed E-state index contributed by atoms with van der Waals surface area (Å²) in [6, 6.07) is -0.837. The summed E-state index contributed by atoms with van der Waals surface area (Å²) in [5.74, 6) is -1.38. The van der Waals surface area contributed by atoms with Crippen LogP contribution in [-0.2, 0) is 9.53 Å². The number of nitrogens with one attached hydrogen (secondary N) is 1. The van der Waals surface area contributed by atoms with Crippen molar-refractivity contribution in [3.05, 3.63) is 18.2 Å². The number of likely N-dealkylation sites (tertiary alicyclic amines) is 1. The van der Waals surface area contributed by atoms with Crippen molar-refractivity contribution in [3.63, 3.8) is 0 Å². The van der Waals surface area contributed by atoms with Gasteiger partial charge in [0.2, 0.25) is 0 Å². The molecule has 1 saturated heterocycles. The number of aliphatic carboxylic acids is 1. The number of carboxylic acids is 1. The number of carbonyl (C=O) groups excluding carboxylic acids is 1. The van der Waals surface area contributed by atoms with Gasteiger partial charge in [-0.3, -0.25) is 4.79 Å². The molecule has 0 aromatic carbocycles. The first-order valence-corrected chi connectivity index (χ1v) is 5.18. The fourth-order valence-corrected chi connectivity index (χ4v) is 1.95. The number of methoxy groups -OCH3 is 1. The second-order valence-corrected chi connectivity index (χ2v) is 3.87. The summed E-state index contributed by atoms with van der Waals surface area (Å²) >= 11 is 0. The van der Waals surface area contributed by atoms with Crippen LogP contribution < -0.4 is 0 Å². The molecule has 1 amide bonds. The largest absolute Gasteiger partial charge is 0.480 e. The molecule has 2 unspecified atom stereocenters. The molecule has 0 radical (unpaired) electrons. The van der Waals surface area contributed by atoms with Gasteiger partial charge in [-0.2, -0.15) is 0 Å². The highest BCUT2D eigenvalue weighted by Crippen LogP contribution is 2.21. The number of carboxylic acid groups (broad SMARTS) is 1. The Morgan fingerprint density at radius 3 is 2.94 bits per heavy atom. The lowest BCUT2D eigenvalue weighted by molar-refractivity contribution is -0.141. The van der Waals surface area contributed by atoms with Crippen molar-refractivity contribution in [1.29, 1.82) is 0 Å². The maximum absolute atomic E-state index is 12.0. The molecule has 0 aliphatic carbocycles. The molecule has 0 spiro atoms. The predicted octanol–water partition coefficient (Wildman–Crippen LogP) is -0.276. The number of carbonyl (C=O) groups is 2. The van der Waals surface area contributed by atoms with Crippen molar-refractivity contribution < 1.29 is 19.4 Å². The third-order valence-electron chi connectivity index (χ3n) is 2.87. The maximum Gasteiger partial charge on any atom is 0.326 e. The van der Waals surface area contributed by atoms with Gasteiger partial charge in [-0.25, -0.2) is 9.78 Å². The van der Waals surface area contributed by atoms with Gasteiger partial charge in [0.25, 0.3) is 5.91 Å². The molecule has 1 fully saturated rings. The van der Waals surface area contributed by atoms with Gasteiger partial charge < -0.3 is 19.7 Å². The highest BCUT2D eigenvalue weighted by molar-refractivity contribution is 5.95. The molecule has 92 valence electrons. The summed E-state index contributed by atoms with van der Waals surface area (Å²) < 4.78 is 5.11. The standard InChI is InChI=1S/C10H13N3O4/c1-17-6-2-8(10(15)16)13(4-6)9(14)7-3-11-5-12-7/h3,5-6,8H,2,4H2,1H3,(H,11,12)(H,15,16). The molecule has 17 heavy (non-hydrogen) atoms. The van der Waals surface area contributed by atoms with Crippen LogP contribution in [0.5, 0.6) is 0 Å². The first kappa shape index (κ1) is 11.6. The highest BCUT2D eigenvalue weighted by Gasteiger charge is 2.40. The number of nitrogens with zero attached hydrogens (tertiary/aromatic N) is 2. The van der Waals surface area contributed by atoms with Gasteiger partial charge in [0.05, 0.1) is 18.6 Å². The number of aromatic amines is 1. The van der Waals surface area contributed by atoms with Crippen molar-refractivity contribution in [2.45, 2.75) is 18.6 Å². The molecule has 0 saturated carbocycles. The Labute approximate surface area is 97.4 Å². The number of hydrogen-bond acceptors (Lipinski definition) is 4. The topological polar surface area (TPSA) is 95.5 Å². The lowest BCUT2D eigenvalue weighted by Gasteiger charge is -2.20. The van der Waals surface area contributed by atoms with E-state index in [9.17, 15) is 9.59 Å². The number of aromatic nitrogens is 2. The summed E-state index contributed by atoms with van der Waals surface area (Å²) in [4.78, 5) is 30.8. The van der Waals surface area contributed by atoms with E-state index >= 15 is 0 Å². The van der Waals surface area contributed by atoms with E-state index < -0.39 is 12.0 Å². The molecule has 1 aromatic heterocycles. The molecule has 1 aliphatic rings. The summed E-state index contributed by atoms with van der Waals surface area (Å²) in [7, 11) is 1.51. The van der Waals surface area contributed by atoms with E-state index in [0.29, 0.717) is 6.42 Å². The van der Waals surface area contributed by atoms with E-state index in [-0.39, 0.29) is 24.2 Å². The van der Waals surface area contributed by atoms with Crippen molar-refractivity contribution in [2.75, 3.05) is 13.7 Å². The maximum atomic E-state index is 12.0. The molecule has 1 aromatic rings. The Balaban J connectivity index is 2.18. The van der Waals surface area contributed by atoms with Crippen molar-refractivity contribution in [3.8, 4) is 0 Å². The smallest absolute Gasteiger partial charge is 0.326 e. The monoisotopic (exact) mass is 239 g/mol. The van der Waals surface area contributed by atoms with Gasteiger partial charge in [0.15, 0.2) is 0 Å². The normalized spacial score (nSPS) is 23.9. The number of H-pyrrole nitrogens is 1. The average Bonchev–Trinajstić information content (AvgIpc) is 2.97. The Morgan fingerprint density at radius 2 is 2.41 bits per heavy atom. The van der Waals surface area contributed by atoms with E-state index in [2.05, 4.69) is 9.97 Å². The zero-order valence-electron chi connectivity index (χ0n) is 9.29. The second-order valence-electron chi connectivity index (χ2n) is 3.87.